The minimum Gasteiger partial charge on any atom is -0.485 e. The van der Waals surface area contributed by atoms with Gasteiger partial charge in [0.1, 0.15) is 11.9 Å². The van der Waals surface area contributed by atoms with E-state index in [9.17, 15) is 22.8 Å². The maximum Gasteiger partial charge on any atom is 0.416 e. The molecule has 3 rings (SSSR count). The average Bonchev–Trinajstić information content (AvgIpc) is 2.94. The second-order valence-electron chi connectivity index (χ2n) is 9.73. The van der Waals surface area contributed by atoms with E-state index in [-0.39, 0.29) is 25.0 Å². The number of halogens is 3. The van der Waals surface area contributed by atoms with Gasteiger partial charge in [0.25, 0.3) is 5.91 Å². The number of aryl methyl sites for hydroxylation is 1. The van der Waals surface area contributed by atoms with Crippen LogP contribution in [0.1, 0.15) is 85.5 Å². The first-order valence-electron chi connectivity index (χ1n) is 13.7. The van der Waals surface area contributed by atoms with E-state index in [4.69, 9.17) is 9.84 Å². The lowest BCUT2D eigenvalue weighted by Gasteiger charge is -2.22. The van der Waals surface area contributed by atoms with Crippen molar-refractivity contribution in [3.8, 4) is 16.9 Å². The lowest BCUT2D eigenvalue weighted by molar-refractivity contribution is -0.138. The summed E-state index contributed by atoms with van der Waals surface area (Å²) in [6.45, 7) is 4.22. The van der Waals surface area contributed by atoms with Crippen molar-refractivity contribution < 1.29 is 32.6 Å². The number of amides is 1. The molecule has 0 aliphatic carbocycles. The monoisotopic (exact) mass is 555 g/mol. The molecule has 0 fully saturated rings. The van der Waals surface area contributed by atoms with Crippen molar-refractivity contribution in [3.63, 3.8) is 0 Å². The third-order valence-corrected chi connectivity index (χ3v) is 6.75. The van der Waals surface area contributed by atoms with E-state index in [1.807, 2.05) is 37.3 Å². The molecule has 0 bridgehead atoms. The quantitative estimate of drug-likeness (QED) is 0.197. The summed E-state index contributed by atoms with van der Waals surface area (Å²) in [4.78, 5) is 23.0. The van der Waals surface area contributed by atoms with Gasteiger partial charge in [0.2, 0.25) is 0 Å². The smallest absolute Gasteiger partial charge is 0.416 e. The summed E-state index contributed by atoms with van der Waals surface area (Å²) in [5, 5.41) is 11.4. The van der Waals surface area contributed by atoms with Crippen LogP contribution in [0.15, 0.2) is 66.7 Å². The van der Waals surface area contributed by atoms with Crippen molar-refractivity contribution >= 4 is 11.9 Å². The molecule has 0 aliphatic rings. The number of hydrogen-bond donors (Lipinski definition) is 2. The van der Waals surface area contributed by atoms with Gasteiger partial charge in [-0.2, -0.15) is 13.2 Å². The largest absolute Gasteiger partial charge is 0.485 e. The van der Waals surface area contributed by atoms with Crippen molar-refractivity contribution in [3.05, 3.63) is 89.0 Å². The molecule has 0 spiro atoms. The highest BCUT2D eigenvalue weighted by atomic mass is 19.4. The number of carbonyl (C=O) groups is 2. The number of nitrogens with one attached hydrogen (secondary N) is 1. The van der Waals surface area contributed by atoms with Gasteiger partial charge in [-0.1, -0.05) is 63.4 Å². The molecule has 3 aromatic carbocycles. The van der Waals surface area contributed by atoms with Gasteiger partial charge in [-0.15, -0.1) is 0 Å². The van der Waals surface area contributed by atoms with Gasteiger partial charge in [0, 0.05) is 12.1 Å². The van der Waals surface area contributed by atoms with E-state index in [2.05, 4.69) is 12.2 Å². The Hall–Kier alpha value is -3.81. The van der Waals surface area contributed by atoms with Gasteiger partial charge in [-0.3, -0.25) is 9.59 Å². The lowest BCUT2D eigenvalue weighted by Crippen LogP contribution is -2.26. The Kier molecular flexibility index (Phi) is 11.2. The van der Waals surface area contributed by atoms with E-state index >= 15 is 0 Å². The molecule has 0 heterocycles. The number of carboxylic acid groups (broad SMARTS) is 1. The van der Waals surface area contributed by atoms with E-state index < -0.39 is 17.7 Å². The summed E-state index contributed by atoms with van der Waals surface area (Å²) in [6, 6.07) is 18.0. The van der Waals surface area contributed by atoms with Gasteiger partial charge >= 0.3 is 12.1 Å². The molecular weight excluding hydrogens is 519 g/mol. The molecule has 8 heteroatoms. The summed E-state index contributed by atoms with van der Waals surface area (Å²) in [5.74, 6) is -0.591. The zero-order valence-electron chi connectivity index (χ0n) is 22.9. The topological polar surface area (TPSA) is 75.6 Å². The number of carbonyl (C=O) groups excluding carboxylic acids is 1. The summed E-state index contributed by atoms with van der Waals surface area (Å²) in [7, 11) is 0. The Balaban J connectivity index is 1.80. The maximum atomic E-state index is 13.0. The maximum absolute atomic E-state index is 13.0. The van der Waals surface area contributed by atoms with E-state index in [0.29, 0.717) is 23.3 Å². The molecule has 1 amide bonds. The third kappa shape index (κ3) is 8.86. The Morgan fingerprint density at radius 1 is 0.900 bits per heavy atom. The summed E-state index contributed by atoms with van der Waals surface area (Å²) < 4.78 is 45.4. The number of rotatable bonds is 14. The highest BCUT2D eigenvalue weighted by molar-refractivity contribution is 5.94. The fourth-order valence-corrected chi connectivity index (χ4v) is 4.44. The zero-order chi connectivity index (χ0) is 29.1. The van der Waals surface area contributed by atoms with Crippen LogP contribution < -0.4 is 10.1 Å². The molecule has 1 atom stereocenters. The van der Waals surface area contributed by atoms with Crippen LogP contribution in [-0.4, -0.2) is 23.5 Å². The fraction of sp³-hybridized carbons (Fsp3) is 0.375. The van der Waals surface area contributed by atoms with Crippen LogP contribution in [0.5, 0.6) is 5.75 Å². The molecule has 0 aliphatic heterocycles. The first-order chi connectivity index (χ1) is 19.1. The predicted octanol–water partition coefficient (Wildman–Crippen LogP) is 8.23. The van der Waals surface area contributed by atoms with Gasteiger partial charge < -0.3 is 15.2 Å². The molecule has 0 radical (unpaired) electrons. The summed E-state index contributed by atoms with van der Waals surface area (Å²) in [6.07, 6.45) is 0.995. The van der Waals surface area contributed by atoms with E-state index in [1.54, 1.807) is 12.1 Å². The second-order valence-corrected chi connectivity index (χ2v) is 9.73. The zero-order valence-corrected chi connectivity index (χ0v) is 22.9. The molecule has 3 aromatic rings. The Morgan fingerprint density at radius 3 is 2.17 bits per heavy atom. The lowest BCUT2D eigenvalue weighted by atomic mass is 9.99. The molecule has 40 heavy (non-hydrogen) atoms. The summed E-state index contributed by atoms with van der Waals surface area (Å²) >= 11 is 0. The van der Waals surface area contributed by atoms with Gasteiger partial charge in [-0.25, -0.2) is 0 Å². The van der Waals surface area contributed by atoms with E-state index in [0.717, 1.165) is 60.9 Å². The Labute approximate surface area is 233 Å². The van der Waals surface area contributed by atoms with Crippen molar-refractivity contribution in [2.45, 2.75) is 71.1 Å². The first-order valence-corrected chi connectivity index (χ1v) is 13.7. The first kappa shape index (κ1) is 30.7. The molecule has 0 saturated heterocycles. The number of alkyl halides is 3. The minimum absolute atomic E-state index is 0.0569. The molecule has 0 saturated carbocycles. The molecule has 1 unspecified atom stereocenters. The highest BCUT2D eigenvalue weighted by Gasteiger charge is 2.30. The van der Waals surface area contributed by atoms with Crippen molar-refractivity contribution in [1.82, 2.24) is 5.32 Å². The molecule has 2 N–H and O–H groups in total. The van der Waals surface area contributed by atoms with Crippen LogP contribution in [0.2, 0.25) is 0 Å². The van der Waals surface area contributed by atoms with Crippen LogP contribution in [-0.2, 0) is 17.4 Å². The number of hydrogen-bond acceptors (Lipinski definition) is 3. The number of unbranched alkanes of at least 4 members (excludes halogenated alkanes) is 3. The number of ether oxygens (including phenoxy) is 1. The normalized spacial score (nSPS) is 12.1. The van der Waals surface area contributed by atoms with Crippen molar-refractivity contribution in [2.75, 3.05) is 6.54 Å². The minimum atomic E-state index is -4.38. The van der Waals surface area contributed by atoms with Gasteiger partial charge in [0.05, 0.1) is 12.0 Å². The third-order valence-electron chi connectivity index (χ3n) is 6.75. The fourth-order valence-electron chi connectivity index (χ4n) is 4.44. The van der Waals surface area contributed by atoms with Crippen LogP contribution >= 0.6 is 0 Å². The number of carboxylic acids is 1. The van der Waals surface area contributed by atoms with Crippen LogP contribution in [0.4, 0.5) is 13.2 Å². The van der Waals surface area contributed by atoms with Gasteiger partial charge in [-0.05, 0) is 77.9 Å². The standard InChI is InChI=1S/C32H36F3NO4/c1-3-5-6-7-8-28(24-9-11-25(12-10-24)31(39)36-20-19-30(37)38)40-29-18-15-26(21-22(29)4-2)23-13-16-27(17-14-23)32(33,34)35/h9-18,21,28H,3-8,19-20H2,1-2H3,(H,36,39)(H,37,38). The van der Waals surface area contributed by atoms with Crippen molar-refractivity contribution in [1.29, 1.82) is 0 Å². The molecule has 214 valence electrons. The van der Waals surface area contributed by atoms with Crippen LogP contribution in [0.25, 0.3) is 11.1 Å². The number of benzene rings is 3. The molecule has 5 nitrogen and oxygen atoms in total. The summed E-state index contributed by atoms with van der Waals surface area (Å²) in [5.41, 5.74) is 3.15. The highest BCUT2D eigenvalue weighted by Crippen LogP contribution is 2.34. The Bertz CT molecular complexity index is 1250. The van der Waals surface area contributed by atoms with E-state index in [1.165, 1.54) is 12.1 Å². The predicted molar refractivity (Wildman–Crippen MR) is 149 cm³/mol. The molecule has 0 aromatic heterocycles. The van der Waals surface area contributed by atoms with Crippen LogP contribution in [0, 0.1) is 0 Å². The molecular formula is C32H36F3NO4. The average molecular weight is 556 g/mol. The van der Waals surface area contributed by atoms with Gasteiger partial charge in [0.15, 0.2) is 0 Å². The van der Waals surface area contributed by atoms with Crippen LogP contribution in [0.3, 0.4) is 0 Å². The van der Waals surface area contributed by atoms with Crippen molar-refractivity contribution in [2.24, 2.45) is 0 Å². The number of aliphatic carboxylic acids is 1. The Morgan fingerprint density at radius 2 is 1.57 bits per heavy atom. The SMILES string of the molecule is CCCCCCC(Oc1ccc(-c2ccc(C(F)(F)F)cc2)cc1CC)c1ccc(C(=O)NCCC(=O)O)cc1. The second kappa shape index (κ2) is 14.5.